The molecule has 7 nitrogen and oxygen atoms in total. The fourth-order valence-corrected chi connectivity index (χ4v) is 3.17. The van der Waals surface area contributed by atoms with Crippen molar-refractivity contribution < 1.29 is 23.4 Å². The van der Waals surface area contributed by atoms with Crippen LogP contribution in [-0.2, 0) is 14.8 Å². The van der Waals surface area contributed by atoms with Crippen LogP contribution in [0.1, 0.15) is 12.0 Å². The van der Waals surface area contributed by atoms with E-state index in [0.29, 0.717) is 0 Å². The summed E-state index contributed by atoms with van der Waals surface area (Å²) in [5, 5.41) is 26.0. The molecule has 0 radical (unpaired) electrons. The normalized spacial score (nSPS) is 12.7. The molecular formula is C11H11ClN2O5S. The lowest BCUT2D eigenvalue weighted by Crippen LogP contribution is -2.41. The summed E-state index contributed by atoms with van der Waals surface area (Å²) in [7, 11) is -4.17. The highest BCUT2D eigenvalue weighted by Gasteiger charge is 2.26. The molecule has 20 heavy (non-hydrogen) atoms. The Hall–Kier alpha value is -1.66. The minimum Gasteiger partial charge on any atom is -0.480 e. The average molecular weight is 319 g/mol. The molecule has 1 aromatic carbocycles. The number of nitriles is 1. The van der Waals surface area contributed by atoms with Gasteiger partial charge < -0.3 is 10.2 Å². The van der Waals surface area contributed by atoms with E-state index in [9.17, 15) is 13.2 Å². The standard InChI is InChI=1S/C11H11ClN2O5S/c12-8-5-7(6-13)1-2-10(8)20(18,19)14-9(3-4-15)11(16)17/h1-2,5,9,14-15H,3-4H2,(H,16,17)/t9-/m1/s1. The van der Waals surface area contributed by atoms with E-state index in [0.717, 1.165) is 12.1 Å². The first kappa shape index (κ1) is 16.4. The maximum Gasteiger partial charge on any atom is 0.321 e. The molecule has 0 aliphatic rings. The average Bonchev–Trinajstić information content (AvgIpc) is 2.37. The molecule has 0 aliphatic carbocycles. The molecule has 108 valence electrons. The van der Waals surface area contributed by atoms with Gasteiger partial charge >= 0.3 is 5.97 Å². The Morgan fingerprint density at radius 3 is 2.60 bits per heavy atom. The first-order valence-electron chi connectivity index (χ1n) is 5.37. The van der Waals surface area contributed by atoms with Crippen molar-refractivity contribution in [3.8, 4) is 6.07 Å². The minimum absolute atomic E-state index is 0.180. The zero-order valence-corrected chi connectivity index (χ0v) is 11.6. The molecule has 1 atom stereocenters. The number of aliphatic hydroxyl groups is 1. The summed E-state index contributed by atoms with van der Waals surface area (Å²) in [6, 6.07) is 3.87. The Morgan fingerprint density at radius 2 is 2.15 bits per heavy atom. The van der Waals surface area contributed by atoms with Gasteiger partial charge in [0.05, 0.1) is 16.7 Å². The summed E-state index contributed by atoms with van der Waals surface area (Å²) < 4.78 is 26.0. The molecular weight excluding hydrogens is 308 g/mol. The Bertz CT molecular complexity index is 653. The van der Waals surface area contributed by atoms with Crippen LogP contribution in [0.4, 0.5) is 0 Å². The lowest BCUT2D eigenvalue weighted by atomic mass is 10.2. The molecule has 3 N–H and O–H groups in total. The first-order chi connectivity index (χ1) is 9.31. The van der Waals surface area contributed by atoms with Crippen LogP contribution in [0.2, 0.25) is 5.02 Å². The van der Waals surface area contributed by atoms with Crippen molar-refractivity contribution in [2.24, 2.45) is 0 Å². The number of nitrogens with one attached hydrogen (secondary N) is 1. The van der Waals surface area contributed by atoms with Crippen LogP contribution >= 0.6 is 11.6 Å². The van der Waals surface area contributed by atoms with Crippen molar-refractivity contribution in [3.63, 3.8) is 0 Å². The lowest BCUT2D eigenvalue weighted by molar-refractivity contribution is -0.139. The first-order valence-corrected chi connectivity index (χ1v) is 7.23. The zero-order chi connectivity index (χ0) is 15.3. The van der Waals surface area contributed by atoms with Crippen molar-refractivity contribution in [3.05, 3.63) is 28.8 Å². The van der Waals surface area contributed by atoms with Crippen molar-refractivity contribution in [2.45, 2.75) is 17.4 Å². The molecule has 1 aromatic rings. The molecule has 0 heterocycles. The Kier molecular flexibility index (Phi) is 5.47. The van der Waals surface area contributed by atoms with E-state index in [1.165, 1.54) is 6.07 Å². The highest BCUT2D eigenvalue weighted by Crippen LogP contribution is 2.22. The van der Waals surface area contributed by atoms with Crippen LogP contribution in [0.5, 0.6) is 0 Å². The van der Waals surface area contributed by atoms with Crippen LogP contribution in [-0.4, -0.2) is 37.2 Å². The number of sulfonamides is 1. The predicted octanol–water partition coefficient (Wildman–Crippen LogP) is 0.326. The van der Waals surface area contributed by atoms with Gasteiger partial charge in [-0.25, -0.2) is 8.42 Å². The second-order valence-electron chi connectivity index (χ2n) is 3.78. The summed E-state index contributed by atoms with van der Waals surface area (Å²) >= 11 is 5.77. The molecule has 0 unspecified atom stereocenters. The van der Waals surface area contributed by atoms with Gasteiger partial charge in [0, 0.05) is 6.61 Å². The SMILES string of the molecule is N#Cc1ccc(S(=O)(=O)N[C@H](CCO)C(=O)O)c(Cl)c1. The summed E-state index contributed by atoms with van der Waals surface area (Å²) in [4.78, 5) is 10.5. The van der Waals surface area contributed by atoms with Gasteiger partial charge in [-0.15, -0.1) is 0 Å². The van der Waals surface area contributed by atoms with E-state index >= 15 is 0 Å². The minimum atomic E-state index is -4.17. The van der Waals surface area contributed by atoms with Gasteiger partial charge in [-0.3, -0.25) is 4.79 Å². The number of carboxylic acid groups (broad SMARTS) is 1. The monoisotopic (exact) mass is 318 g/mol. The quantitative estimate of drug-likeness (QED) is 0.693. The number of hydrogen-bond acceptors (Lipinski definition) is 5. The highest BCUT2D eigenvalue weighted by molar-refractivity contribution is 7.89. The van der Waals surface area contributed by atoms with Gasteiger partial charge in [0.15, 0.2) is 0 Å². The molecule has 0 aromatic heterocycles. The van der Waals surface area contributed by atoms with Crippen LogP contribution < -0.4 is 4.72 Å². The van der Waals surface area contributed by atoms with Crippen LogP contribution in [0.3, 0.4) is 0 Å². The van der Waals surface area contributed by atoms with E-state index in [2.05, 4.69) is 0 Å². The van der Waals surface area contributed by atoms with Crippen molar-refractivity contribution in [2.75, 3.05) is 6.61 Å². The third-order valence-electron chi connectivity index (χ3n) is 2.36. The van der Waals surface area contributed by atoms with Gasteiger partial charge in [0.1, 0.15) is 10.9 Å². The smallest absolute Gasteiger partial charge is 0.321 e. The number of halogens is 1. The number of benzene rings is 1. The molecule has 0 fully saturated rings. The van der Waals surface area contributed by atoms with Gasteiger partial charge in [0.25, 0.3) is 0 Å². The molecule has 0 aliphatic heterocycles. The van der Waals surface area contributed by atoms with Crippen LogP contribution in [0.25, 0.3) is 0 Å². The number of carboxylic acids is 1. The number of rotatable bonds is 6. The van der Waals surface area contributed by atoms with E-state index in [1.54, 1.807) is 6.07 Å². The van der Waals surface area contributed by atoms with Gasteiger partial charge in [-0.05, 0) is 24.6 Å². The fraction of sp³-hybridized carbons (Fsp3) is 0.273. The summed E-state index contributed by atoms with van der Waals surface area (Å²) in [5.74, 6) is -1.41. The Labute approximate surface area is 120 Å². The molecule has 0 saturated carbocycles. The fourth-order valence-electron chi connectivity index (χ4n) is 1.40. The zero-order valence-electron chi connectivity index (χ0n) is 10.1. The summed E-state index contributed by atoms with van der Waals surface area (Å²) in [6.45, 7) is -0.486. The Morgan fingerprint density at radius 1 is 1.50 bits per heavy atom. The predicted molar refractivity (Wildman–Crippen MR) is 69.6 cm³/mol. The summed E-state index contributed by atoms with van der Waals surface area (Å²) in [6.07, 6.45) is -0.275. The lowest BCUT2D eigenvalue weighted by Gasteiger charge is -2.14. The van der Waals surface area contributed by atoms with Crippen molar-refractivity contribution in [1.82, 2.24) is 4.72 Å². The molecule has 1 rings (SSSR count). The van der Waals surface area contributed by atoms with Crippen LogP contribution in [0.15, 0.2) is 23.1 Å². The molecule has 9 heteroatoms. The molecule has 0 spiro atoms. The van der Waals surface area contributed by atoms with E-state index in [4.69, 9.17) is 27.1 Å². The maximum atomic E-state index is 12.0. The van der Waals surface area contributed by atoms with E-state index < -0.39 is 28.6 Å². The number of carbonyl (C=O) groups is 1. The maximum absolute atomic E-state index is 12.0. The number of aliphatic hydroxyl groups excluding tert-OH is 1. The topological polar surface area (TPSA) is 127 Å². The third kappa shape index (κ3) is 3.91. The second-order valence-corrected chi connectivity index (χ2v) is 5.87. The van der Waals surface area contributed by atoms with Gasteiger partial charge in [0.2, 0.25) is 10.0 Å². The van der Waals surface area contributed by atoms with Gasteiger partial charge in [-0.1, -0.05) is 11.6 Å². The van der Waals surface area contributed by atoms with Crippen molar-refractivity contribution >= 4 is 27.6 Å². The van der Waals surface area contributed by atoms with E-state index in [-0.39, 0.29) is 21.9 Å². The largest absolute Gasteiger partial charge is 0.480 e. The molecule has 0 bridgehead atoms. The number of hydrogen-bond donors (Lipinski definition) is 3. The highest BCUT2D eigenvalue weighted by atomic mass is 35.5. The van der Waals surface area contributed by atoms with Gasteiger partial charge in [-0.2, -0.15) is 9.98 Å². The second kappa shape index (κ2) is 6.67. The van der Waals surface area contributed by atoms with Crippen molar-refractivity contribution in [1.29, 1.82) is 5.26 Å². The van der Waals surface area contributed by atoms with Crippen LogP contribution in [0, 0.1) is 11.3 Å². The molecule has 0 amide bonds. The summed E-state index contributed by atoms with van der Waals surface area (Å²) in [5.41, 5.74) is 0.180. The number of aliphatic carboxylic acids is 1. The molecule has 0 saturated heterocycles. The number of nitrogens with zero attached hydrogens (tertiary/aromatic N) is 1. The Balaban J connectivity index is 3.11. The van der Waals surface area contributed by atoms with E-state index in [1.807, 2.05) is 4.72 Å². The third-order valence-corrected chi connectivity index (χ3v) is 4.32.